The maximum absolute atomic E-state index is 13.6. The van der Waals surface area contributed by atoms with Crippen molar-refractivity contribution in [2.45, 2.75) is 31.5 Å². The van der Waals surface area contributed by atoms with Crippen LogP contribution in [-0.2, 0) is 14.3 Å². The summed E-state index contributed by atoms with van der Waals surface area (Å²) in [6.45, 7) is 4.03. The molecule has 3 aliphatic rings. The molecule has 0 N–H and O–H groups in total. The first-order valence-corrected chi connectivity index (χ1v) is 12.5. The minimum Gasteiger partial charge on any atom is -0.356 e. The number of pyridine rings is 1. The van der Waals surface area contributed by atoms with Crippen LogP contribution in [0.3, 0.4) is 0 Å². The minimum absolute atomic E-state index is 0.00383. The summed E-state index contributed by atoms with van der Waals surface area (Å²) in [6, 6.07) is 9.80. The molecule has 0 unspecified atom stereocenters. The topological polar surface area (TPSA) is 93.8 Å². The van der Waals surface area contributed by atoms with Crippen LogP contribution in [0.5, 0.6) is 0 Å². The van der Waals surface area contributed by atoms with Crippen LogP contribution in [0.15, 0.2) is 47.1 Å². The molecule has 5 heterocycles. The van der Waals surface area contributed by atoms with Crippen LogP contribution in [0.25, 0.3) is 22.8 Å². The van der Waals surface area contributed by atoms with Gasteiger partial charge in [-0.15, -0.1) is 0 Å². The number of anilines is 1. The molecule has 10 heteroatoms. The maximum atomic E-state index is 13.6. The van der Waals surface area contributed by atoms with Gasteiger partial charge in [0.15, 0.2) is 5.79 Å². The Morgan fingerprint density at radius 3 is 2.56 bits per heavy atom. The maximum Gasteiger partial charge on any atom is 0.261 e. The van der Waals surface area contributed by atoms with Gasteiger partial charge < -0.3 is 23.8 Å². The first kappa shape index (κ1) is 23.1. The molecule has 0 bridgehead atoms. The second-order valence-electron chi connectivity index (χ2n) is 9.50. The number of rotatable bonds is 4. The van der Waals surface area contributed by atoms with Gasteiger partial charge in [-0.3, -0.25) is 4.79 Å². The quantitative estimate of drug-likeness (QED) is 0.545. The number of likely N-dealkylation sites (tertiary alicyclic amines) is 1. The van der Waals surface area contributed by atoms with E-state index in [2.05, 4.69) is 20.0 Å². The summed E-state index contributed by atoms with van der Waals surface area (Å²) in [5.41, 5.74) is 1.26. The number of hydrogen-bond donors (Lipinski definition) is 0. The molecule has 1 amide bonds. The van der Waals surface area contributed by atoms with Gasteiger partial charge in [0.2, 0.25) is 11.7 Å². The van der Waals surface area contributed by atoms with Gasteiger partial charge in [0.1, 0.15) is 11.6 Å². The number of piperidine rings is 2. The van der Waals surface area contributed by atoms with E-state index in [0.29, 0.717) is 56.7 Å². The van der Waals surface area contributed by atoms with Gasteiger partial charge in [-0.05, 0) is 37.1 Å². The number of nitrogens with zero attached hydrogens (tertiary/aromatic N) is 5. The van der Waals surface area contributed by atoms with E-state index >= 15 is 0 Å². The normalized spacial score (nSPS) is 20.2. The number of carbonyl (C=O) groups is 1. The molecule has 0 atom stereocenters. The van der Waals surface area contributed by atoms with Crippen LogP contribution in [0.1, 0.15) is 25.7 Å². The van der Waals surface area contributed by atoms with Crippen molar-refractivity contribution < 1.29 is 23.2 Å². The Bertz CT molecular complexity index is 1230. The summed E-state index contributed by atoms with van der Waals surface area (Å²) >= 11 is 0. The molecule has 36 heavy (non-hydrogen) atoms. The zero-order valence-corrected chi connectivity index (χ0v) is 19.9. The Labute approximate surface area is 208 Å². The van der Waals surface area contributed by atoms with Crippen molar-refractivity contribution in [1.82, 2.24) is 20.0 Å². The van der Waals surface area contributed by atoms with Crippen LogP contribution >= 0.6 is 0 Å². The lowest BCUT2D eigenvalue weighted by molar-refractivity contribution is -0.188. The van der Waals surface area contributed by atoms with E-state index < -0.39 is 5.79 Å². The predicted octanol–water partition coefficient (Wildman–Crippen LogP) is 3.52. The third-order valence-corrected chi connectivity index (χ3v) is 7.32. The highest BCUT2D eigenvalue weighted by Crippen LogP contribution is 2.34. The highest BCUT2D eigenvalue weighted by Gasteiger charge is 2.42. The SMILES string of the molecule is O=C(C1CCN(c2ncccc2-c2nc(-c3cccc(F)c3)no2)CC1)N1CCC2(CC1)OCCO2. The molecule has 0 saturated carbocycles. The average Bonchev–Trinajstić information content (AvgIpc) is 3.60. The summed E-state index contributed by atoms with van der Waals surface area (Å²) in [4.78, 5) is 26.4. The zero-order valence-electron chi connectivity index (χ0n) is 19.9. The fourth-order valence-electron chi connectivity index (χ4n) is 5.34. The van der Waals surface area contributed by atoms with E-state index in [9.17, 15) is 9.18 Å². The lowest BCUT2D eigenvalue weighted by atomic mass is 9.93. The Morgan fingerprint density at radius 1 is 1.03 bits per heavy atom. The molecule has 1 spiro atoms. The van der Waals surface area contributed by atoms with Crippen LogP contribution in [0.2, 0.25) is 0 Å². The van der Waals surface area contributed by atoms with E-state index in [4.69, 9.17) is 14.0 Å². The molecule has 3 saturated heterocycles. The summed E-state index contributed by atoms with van der Waals surface area (Å²) in [6.07, 6.45) is 4.70. The largest absolute Gasteiger partial charge is 0.356 e. The third kappa shape index (κ3) is 4.46. The molecule has 0 radical (unpaired) electrons. The van der Waals surface area contributed by atoms with Gasteiger partial charge in [-0.1, -0.05) is 17.3 Å². The van der Waals surface area contributed by atoms with Gasteiger partial charge in [-0.2, -0.15) is 4.98 Å². The molecule has 3 fully saturated rings. The van der Waals surface area contributed by atoms with Gasteiger partial charge >= 0.3 is 0 Å². The molecular weight excluding hydrogens is 465 g/mol. The van der Waals surface area contributed by atoms with Crippen molar-refractivity contribution in [3.05, 3.63) is 48.4 Å². The average molecular weight is 494 g/mol. The minimum atomic E-state index is -0.473. The molecule has 6 rings (SSSR count). The molecule has 188 valence electrons. The fourth-order valence-corrected chi connectivity index (χ4v) is 5.34. The first-order valence-electron chi connectivity index (χ1n) is 12.5. The third-order valence-electron chi connectivity index (χ3n) is 7.32. The summed E-state index contributed by atoms with van der Waals surface area (Å²) < 4.78 is 30.7. The van der Waals surface area contributed by atoms with E-state index in [-0.39, 0.29) is 17.6 Å². The number of aromatic nitrogens is 3. The van der Waals surface area contributed by atoms with Gasteiger partial charge in [-0.25, -0.2) is 9.37 Å². The van der Waals surface area contributed by atoms with Crippen molar-refractivity contribution in [2.75, 3.05) is 44.3 Å². The monoisotopic (exact) mass is 493 g/mol. The van der Waals surface area contributed by atoms with Crippen molar-refractivity contribution >= 4 is 11.7 Å². The van der Waals surface area contributed by atoms with E-state index in [1.807, 2.05) is 17.0 Å². The lowest BCUT2D eigenvalue weighted by Crippen LogP contribution is -2.50. The number of hydrogen-bond acceptors (Lipinski definition) is 8. The molecular formula is C26H28FN5O4. The van der Waals surface area contributed by atoms with Gasteiger partial charge in [0, 0.05) is 56.7 Å². The van der Waals surface area contributed by atoms with Crippen LogP contribution in [0.4, 0.5) is 10.2 Å². The zero-order chi connectivity index (χ0) is 24.5. The Balaban J connectivity index is 1.11. The van der Waals surface area contributed by atoms with Crippen molar-refractivity contribution in [3.63, 3.8) is 0 Å². The van der Waals surface area contributed by atoms with Gasteiger partial charge in [0.25, 0.3) is 5.89 Å². The van der Waals surface area contributed by atoms with Crippen LogP contribution in [0, 0.1) is 11.7 Å². The molecule has 9 nitrogen and oxygen atoms in total. The summed E-state index contributed by atoms with van der Waals surface area (Å²) in [7, 11) is 0. The Morgan fingerprint density at radius 2 is 1.81 bits per heavy atom. The second-order valence-corrected chi connectivity index (χ2v) is 9.50. The van der Waals surface area contributed by atoms with E-state index in [0.717, 1.165) is 37.1 Å². The summed E-state index contributed by atoms with van der Waals surface area (Å²) in [5.74, 6) is 0.778. The van der Waals surface area contributed by atoms with Crippen LogP contribution < -0.4 is 4.90 Å². The van der Waals surface area contributed by atoms with E-state index in [1.165, 1.54) is 12.1 Å². The van der Waals surface area contributed by atoms with E-state index in [1.54, 1.807) is 18.3 Å². The number of halogens is 1. The Hall–Kier alpha value is -3.37. The number of carbonyl (C=O) groups excluding carboxylic acids is 1. The van der Waals surface area contributed by atoms with Gasteiger partial charge in [0.05, 0.1) is 18.8 Å². The molecule has 2 aromatic heterocycles. The highest BCUT2D eigenvalue weighted by molar-refractivity contribution is 5.79. The smallest absolute Gasteiger partial charge is 0.261 e. The molecule has 1 aromatic carbocycles. The summed E-state index contributed by atoms with van der Waals surface area (Å²) in [5, 5.41) is 4.04. The van der Waals surface area contributed by atoms with Crippen molar-refractivity contribution in [2.24, 2.45) is 5.92 Å². The number of benzene rings is 1. The van der Waals surface area contributed by atoms with Crippen molar-refractivity contribution in [3.8, 4) is 22.8 Å². The second kappa shape index (κ2) is 9.59. The molecule has 3 aromatic rings. The predicted molar refractivity (Wildman–Crippen MR) is 128 cm³/mol. The first-order chi connectivity index (χ1) is 17.6. The van der Waals surface area contributed by atoms with Crippen LogP contribution in [-0.4, -0.2) is 71.1 Å². The fraction of sp³-hybridized carbons (Fsp3) is 0.462. The Kier molecular flexibility index (Phi) is 6.14. The van der Waals surface area contributed by atoms with Crippen molar-refractivity contribution in [1.29, 1.82) is 0 Å². The number of ether oxygens (including phenoxy) is 2. The number of amides is 1. The highest BCUT2D eigenvalue weighted by atomic mass is 19.1. The standard InChI is InChI=1S/C26H28FN5O4/c27-20-4-1-3-19(17-20)22-29-24(36-30-22)21-5-2-10-28-23(21)31-11-6-18(7-12-31)25(33)32-13-8-26(9-14-32)34-15-16-35-26/h1-5,10,17-18H,6-9,11-16H2. The molecule has 3 aliphatic heterocycles. The lowest BCUT2D eigenvalue weighted by Gasteiger charge is -2.40. The molecule has 0 aliphatic carbocycles.